The van der Waals surface area contributed by atoms with Crippen molar-refractivity contribution in [2.45, 2.75) is 20.3 Å². The van der Waals surface area contributed by atoms with Crippen molar-refractivity contribution < 1.29 is 9.59 Å². The van der Waals surface area contributed by atoms with Crippen LogP contribution in [0.15, 0.2) is 18.2 Å². The molecule has 1 saturated heterocycles. The molecule has 1 atom stereocenters. The number of hydrogen-bond acceptors (Lipinski definition) is 2. The van der Waals surface area contributed by atoms with Crippen molar-refractivity contribution in [3.05, 3.63) is 29.3 Å². The van der Waals surface area contributed by atoms with E-state index in [1.165, 1.54) is 0 Å². The van der Waals surface area contributed by atoms with Crippen LogP contribution < -0.4 is 10.6 Å². The number of nitrogens with two attached hydrogens (primary N) is 1. The summed E-state index contributed by atoms with van der Waals surface area (Å²) < 4.78 is 0. The van der Waals surface area contributed by atoms with E-state index in [1.54, 1.807) is 4.90 Å². The highest BCUT2D eigenvalue weighted by atomic mass is 16.2. The quantitative estimate of drug-likeness (QED) is 0.831. The van der Waals surface area contributed by atoms with E-state index in [9.17, 15) is 9.59 Å². The number of carbonyl (C=O) groups is 2. The van der Waals surface area contributed by atoms with Crippen molar-refractivity contribution in [1.29, 1.82) is 0 Å². The largest absolute Gasteiger partial charge is 0.369 e. The van der Waals surface area contributed by atoms with E-state index in [4.69, 9.17) is 5.73 Å². The van der Waals surface area contributed by atoms with Crippen molar-refractivity contribution >= 4 is 17.5 Å². The zero-order valence-electron chi connectivity index (χ0n) is 10.1. The van der Waals surface area contributed by atoms with Crippen LogP contribution in [0.25, 0.3) is 0 Å². The molecule has 2 N–H and O–H groups in total. The molecule has 0 radical (unpaired) electrons. The highest BCUT2D eigenvalue weighted by Gasteiger charge is 2.34. The van der Waals surface area contributed by atoms with Crippen molar-refractivity contribution in [1.82, 2.24) is 0 Å². The summed E-state index contributed by atoms with van der Waals surface area (Å²) in [6.07, 6.45) is 0.225. The number of nitrogens with zero attached hydrogens (tertiary/aromatic N) is 1. The lowest BCUT2D eigenvalue weighted by Gasteiger charge is -2.19. The third-order valence-electron chi connectivity index (χ3n) is 3.18. The molecular weight excluding hydrogens is 216 g/mol. The number of carbonyl (C=O) groups excluding carboxylic acids is 2. The second-order valence-electron chi connectivity index (χ2n) is 4.60. The van der Waals surface area contributed by atoms with Gasteiger partial charge in [0.05, 0.1) is 5.92 Å². The Kier molecular flexibility index (Phi) is 2.88. The van der Waals surface area contributed by atoms with Crippen molar-refractivity contribution in [2.24, 2.45) is 11.7 Å². The third kappa shape index (κ3) is 2.16. The molecule has 0 bridgehead atoms. The Morgan fingerprint density at radius 1 is 1.41 bits per heavy atom. The van der Waals surface area contributed by atoms with E-state index in [2.05, 4.69) is 0 Å². The van der Waals surface area contributed by atoms with E-state index in [0.717, 1.165) is 16.8 Å². The number of hydrogen-bond donors (Lipinski definition) is 1. The van der Waals surface area contributed by atoms with Gasteiger partial charge in [-0.05, 0) is 31.0 Å². The molecule has 1 aromatic carbocycles. The Morgan fingerprint density at radius 3 is 2.71 bits per heavy atom. The molecule has 2 amide bonds. The van der Waals surface area contributed by atoms with E-state index >= 15 is 0 Å². The second-order valence-corrected chi connectivity index (χ2v) is 4.60. The number of amides is 2. The molecule has 0 aromatic heterocycles. The summed E-state index contributed by atoms with van der Waals surface area (Å²) in [6.45, 7) is 4.34. The molecule has 90 valence electrons. The predicted molar refractivity (Wildman–Crippen MR) is 65.6 cm³/mol. The van der Waals surface area contributed by atoms with Crippen LogP contribution in [-0.2, 0) is 9.59 Å². The average molecular weight is 232 g/mol. The smallest absolute Gasteiger partial charge is 0.227 e. The summed E-state index contributed by atoms with van der Waals surface area (Å²) in [7, 11) is 0. The van der Waals surface area contributed by atoms with Gasteiger partial charge in [-0.2, -0.15) is 0 Å². The van der Waals surface area contributed by atoms with Crippen LogP contribution >= 0.6 is 0 Å². The summed E-state index contributed by atoms with van der Waals surface area (Å²) >= 11 is 0. The molecule has 0 unspecified atom stereocenters. The minimum absolute atomic E-state index is 0.0255. The predicted octanol–water partition coefficient (Wildman–Crippen LogP) is 1.14. The van der Waals surface area contributed by atoms with Gasteiger partial charge in [0.2, 0.25) is 11.8 Å². The standard InChI is InChI=1S/C13H16N2O2/c1-8-3-4-9(2)11(5-8)15-7-10(13(14)17)6-12(15)16/h3-5,10H,6-7H2,1-2H3,(H2,14,17)/t10-/m1/s1. The van der Waals surface area contributed by atoms with Crippen LogP contribution in [0.1, 0.15) is 17.5 Å². The summed E-state index contributed by atoms with van der Waals surface area (Å²) in [5, 5.41) is 0. The fourth-order valence-corrected chi connectivity index (χ4v) is 2.14. The number of benzene rings is 1. The molecule has 4 nitrogen and oxygen atoms in total. The molecule has 1 aliphatic rings. The maximum absolute atomic E-state index is 11.9. The van der Waals surface area contributed by atoms with E-state index in [0.29, 0.717) is 6.54 Å². The molecule has 0 saturated carbocycles. The third-order valence-corrected chi connectivity index (χ3v) is 3.18. The lowest BCUT2D eigenvalue weighted by atomic mass is 10.1. The fraction of sp³-hybridized carbons (Fsp3) is 0.385. The molecule has 1 fully saturated rings. The zero-order chi connectivity index (χ0) is 12.6. The van der Waals surface area contributed by atoms with E-state index in [1.807, 2.05) is 32.0 Å². The van der Waals surface area contributed by atoms with Gasteiger partial charge in [-0.1, -0.05) is 12.1 Å². The topological polar surface area (TPSA) is 63.4 Å². The van der Waals surface area contributed by atoms with E-state index in [-0.39, 0.29) is 18.2 Å². The summed E-state index contributed by atoms with van der Waals surface area (Å²) in [6, 6.07) is 5.96. The Balaban J connectivity index is 2.32. The lowest BCUT2D eigenvalue weighted by Crippen LogP contribution is -2.28. The molecule has 1 aliphatic heterocycles. The SMILES string of the molecule is Cc1ccc(C)c(N2C[C@H](C(N)=O)CC2=O)c1. The van der Waals surface area contributed by atoms with Gasteiger partial charge in [-0.3, -0.25) is 9.59 Å². The van der Waals surface area contributed by atoms with Crippen LogP contribution in [0.5, 0.6) is 0 Å². The second kappa shape index (κ2) is 4.20. The zero-order valence-corrected chi connectivity index (χ0v) is 10.1. The first-order valence-electron chi connectivity index (χ1n) is 5.66. The molecule has 4 heteroatoms. The van der Waals surface area contributed by atoms with Crippen LogP contribution in [0.3, 0.4) is 0 Å². The molecule has 1 aromatic rings. The Labute approximate surface area is 100 Å². The molecule has 0 spiro atoms. The molecular formula is C13H16N2O2. The Bertz CT molecular complexity index is 482. The minimum Gasteiger partial charge on any atom is -0.369 e. The average Bonchev–Trinajstić information content (AvgIpc) is 2.64. The molecule has 0 aliphatic carbocycles. The Hall–Kier alpha value is -1.84. The van der Waals surface area contributed by atoms with Crippen molar-refractivity contribution in [3.8, 4) is 0 Å². The fourth-order valence-electron chi connectivity index (χ4n) is 2.14. The van der Waals surface area contributed by atoms with Gasteiger partial charge in [0.25, 0.3) is 0 Å². The number of anilines is 1. The minimum atomic E-state index is -0.397. The van der Waals surface area contributed by atoms with Crippen LogP contribution in [0.2, 0.25) is 0 Å². The lowest BCUT2D eigenvalue weighted by molar-refractivity contribution is -0.123. The van der Waals surface area contributed by atoms with E-state index < -0.39 is 5.91 Å². The summed E-state index contributed by atoms with van der Waals surface area (Å²) in [5.74, 6) is -0.781. The molecule has 1 heterocycles. The molecule has 17 heavy (non-hydrogen) atoms. The molecule has 2 rings (SSSR count). The Morgan fingerprint density at radius 2 is 2.12 bits per heavy atom. The number of primary amides is 1. The van der Waals surface area contributed by atoms with Crippen molar-refractivity contribution in [2.75, 3.05) is 11.4 Å². The van der Waals surface area contributed by atoms with Gasteiger partial charge in [-0.25, -0.2) is 0 Å². The summed E-state index contributed by atoms with van der Waals surface area (Å²) in [4.78, 5) is 24.7. The highest BCUT2D eigenvalue weighted by Crippen LogP contribution is 2.28. The van der Waals surface area contributed by atoms with Crippen LogP contribution in [0, 0.1) is 19.8 Å². The van der Waals surface area contributed by atoms with Gasteiger partial charge >= 0.3 is 0 Å². The van der Waals surface area contributed by atoms with Crippen LogP contribution in [0.4, 0.5) is 5.69 Å². The van der Waals surface area contributed by atoms with Gasteiger partial charge in [0, 0.05) is 18.7 Å². The maximum Gasteiger partial charge on any atom is 0.227 e. The van der Waals surface area contributed by atoms with Gasteiger partial charge in [-0.15, -0.1) is 0 Å². The monoisotopic (exact) mass is 232 g/mol. The van der Waals surface area contributed by atoms with Gasteiger partial charge in [0.15, 0.2) is 0 Å². The summed E-state index contributed by atoms with van der Waals surface area (Å²) in [5.41, 5.74) is 8.27. The first kappa shape index (κ1) is 11.6. The van der Waals surface area contributed by atoms with Gasteiger partial charge in [0.1, 0.15) is 0 Å². The maximum atomic E-state index is 11.9. The number of rotatable bonds is 2. The normalized spacial score (nSPS) is 19.8. The number of aryl methyl sites for hydroxylation is 2. The van der Waals surface area contributed by atoms with Gasteiger partial charge < -0.3 is 10.6 Å². The first-order valence-corrected chi connectivity index (χ1v) is 5.66. The highest BCUT2D eigenvalue weighted by molar-refractivity contribution is 6.00. The van der Waals surface area contributed by atoms with Crippen molar-refractivity contribution in [3.63, 3.8) is 0 Å². The first-order chi connectivity index (χ1) is 7.99. The van der Waals surface area contributed by atoms with Crippen LogP contribution in [-0.4, -0.2) is 18.4 Å².